The second kappa shape index (κ2) is 1.90. The molecule has 0 amide bonds. The Balaban J connectivity index is 2.18. The van der Waals surface area contributed by atoms with Crippen molar-refractivity contribution in [3.63, 3.8) is 0 Å². The highest BCUT2D eigenvalue weighted by Gasteiger charge is 2.26. The number of aliphatic imine (C=N–C) groups is 1. The third-order valence-corrected chi connectivity index (χ3v) is 2.69. The summed E-state index contributed by atoms with van der Waals surface area (Å²) in [7, 11) is 0. The molecule has 0 saturated carbocycles. The van der Waals surface area contributed by atoms with Gasteiger partial charge in [-0.05, 0) is 6.92 Å². The molecule has 0 aromatic carbocycles. The first-order valence-corrected chi connectivity index (χ1v) is 4.30. The zero-order valence-electron chi connectivity index (χ0n) is 5.50. The fourth-order valence-electron chi connectivity index (χ4n) is 1.27. The van der Waals surface area contributed by atoms with Crippen molar-refractivity contribution in [2.45, 2.75) is 13.0 Å². The van der Waals surface area contributed by atoms with Gasteiger partial charge in [-0.15, -0.1) is 0 Å². The van der Waals surface area contributed by atoms with Gasteiger partial charge in [0.1, 0.15) is 0 Å². The van der Waals surface area contributed by atoms with Crippen molar-refractivity contribution in [1.29, 1.82) is 0 Å². The molecule has 3 heteroatoms. The molecule has 0 N–H and O–H groups in total. The Kier molecular flexibility index (Phi) is 1.18. The summed E-state index contributed by atoms with van der Waals surface area (Å²) in [6, 6.07) is 0.549. The lowest BCUT2D eigenvalue weighted by molar-refractivity contribution is 0.469. The Hall–Kier alpha value is -0.180. The van der Waals surface area contributed by atoms with Gasteiger partial charge in [-0.2, -0.15) is 0 Å². The summed E-state index contributed by atoms with van der Waals surface area (Å²) in [5, 5.41) is 1.28. The molecular weight excluding hydrogens is 132 g/mol. The van der Waals surface area contributed by atoms with E-state index in [1.54, 1.807) is 0 Å². The van der Waals surface area contributed by atoms with Gasteiger partial charge in [-0.25, -0.2) is 0 Å². The molecule has 1 atom stereocenters. The van der Waals surface area contributed by atoms with Crippen molar-refractivity contribution in [2.24, 2.45) is 4.99 Å². The zero-order chi connectivity index (χ0) is 6.27. The molecule has 2 nitrogen and oxygen atoms in total. The lowest BCUT2D eigenvalue weighted by atomic mass is 10.4. The van der Waals surface area contributed by atoms with E-state index in [1.165, 1.54) is 17.5 Å². The Bertz CT molecular complexity index is 155. The molecule has 0 bridgehead atoms. The minimum absolute atomic E-state index is 0.549. The molecule has 0 radical (unpaired) electrons. The molecule has 1 fully saturated rings. The lowest BCUT2D eigenvalue weighted by Crippen LogP contribution is -2.22. The molecule has 0 aromatic heterocycles. The van der Waals surface area contributed by atoms with Gasteiger partial charge < -0.3 is 4.90 Å². The van der Waals surface area contributed by atoms with Crippen LogP contribution in [0.25, 0.3) is 0 Å². The Labute approximate surface area is 59.3 Å². The fraction of sp³-hybridized carbons (Fsp3) is 0.833. The first kappa shape index (κ1) is 5.59. The highest BCUT2D eigenvalue weighted by Crippen LogP contribution is 2.23. The maximum Gasteiger partial charge on any atom is 0.159 e. The normalized spacial score (nSPS) is 32.8. The van der Waals surface area contributed by atoms with Crippen molar-refractivity contribution in [2.75, 3.05) is 18.8 Å². The Morgan fingerprint density at radius 1 is 1.78 bits per heavy atom. The second-order valence-corrected chi connectivity index (χ2v) is 3.62. The molecule has 2 aliphatic heterocycles. The van der Waals surface area contributed by atoms with E-state index >= 15 is 0 Å². The molecule has 9 heavy (non-hydrogen) atoms. The summed E-state index contributed by atoms with van der Waals surface area (Å²) in [6.45, 7) is 4.54. The number of rotatable bonds is 0. The fourth-order valence-corrected chi connectivity index (χ4v) is 2.37. The highest BCUT2D eigenvalue weighted by atomic mass is 32.2. The van der Waals surface area contributed by atoms with Crippen LogP contribution in [0.5, 0.6) is 0 Å². The summed E-state index contributed by atoms with van der Waals surface area (Å²) < 4.78 is 0. The molecule has 0 aliphatic carbocycles. The van der Waals surface area contributed by atoms with Crippen LogP contribution in [0.4, 0.5) is 0 Å². The van der Waals surface area contributed by atoms with Crippen LogP contribution < -0.4 is 0 Å². The third kappa shape index (κ3) is 0.834. The van der Waals surface area contributed by atoms with Gasteiger partial charge in [0.05, 0.1) is 6.04 Å². The maximum absolute atomic E-state index is 4.46. The predicted molar refractivity (Wildman–Crippen MR) is 40.9 cm³/mol. The van der Waals surface area contributed by atoms with Crippen LogP contribution in [0.15, 0.2) is 4.99 Å². The SMILES string of the molecule is C[C@@H]1CN2CCSC2=N1. The van der Waals surface area contributed by atoms with Gasteiger partial charge in [-0.3, -0.25) is 4.99 Å². The first-order chi connectivity index (χ1) is 4.36. The van der Waals surface area contributed by atoms with E-state index in [1.807, 2.05) is 11.8 Å². The van der Waals surface area contributed by atoms with Crippen LogP contribution >= 0.6 is 11.8 Å². The van der Waals surface area contributed by atoms with Crippen molar-refractivity contribution in [3.05, 3.63) is 0 Å². The monoisotopic (exact) mass is 142 g/mol. The van der Waals surface area contributed by atoms with E-state index in [-0.39, 0.29) is 0 Å². The summed E-state index contributed by atoms with van der Waals surface area (Å²) in [5.74, 6) is 1.24. The molecule has 2 aliphatic rings. The number of amidine groups is 1. The van der Waals surface area contributed by atoms with Gasteiger partial charge in [0.25, 0.3) is 0 Å². The first-order valence-electron chi connectivity index (χ1n) is 3.32. The second-order valence-electron chi connectivity index (χ2n) is 2.56. The van der Waals surface area contributed by atoms with Crippen LogP contribution in [-0.4, -0.2) is 35.0 Å². The van der Waals surface area contributed by atoms with E-state index in [0.29, 0.717) is 6.04 Å². The Morgan fingerprint density at radius 3 is 3.44 bits per heavy atom. The number of fused-ring (bicyclic) bond motifs is 1. The lowest BCUT2D eigenvalue weighted by Gasteiger charge is -2.08. The molecule has 2 heterocycles. The standard InChI is InChI=1S/C6H10N2S/c1-5-4-8-2-3-9-6(8)7-5/h5H,2-4H2,1H3/t5-/m1/s1. The summed E-state index contributed by atoms with van der Waals surface area (Å²) >= 11 is 1.89. The molecule has 50 valence electrons. The number of hydrogen-bond acceptors (Lipinski definition) is 3. The van der Waals surface area contributed by atoms with Crippen molar-refractivity contribution >= 4 is 16.9 Å². The minimum Gasteiger partial charge on any atom is -0.349 e. The minimum atomic E-state index is 0.549. The van der Waals surface area contributed by atoms with Gasteiger partial charge >= 0.3 is 0 Å². The van der Waals surface area contributed by atoms with E-state index < -0.39 is 0 Å². The smallest absolute Gasteiger partial charge is 0.159 e. The van der Waals surface area contributed by atoms with Crippen LogP contribution in [0.1, 0.15) is 6.92 Å². The zero-order valence-corrected chi connectivity index (χ0v) is 6.32. The topological polar surface area (TPSA) is 15.6 Å². The van der Waals surface area contributed by atoms with E-state index in [2.05, 4.69) is 16.8 Å². The molecule has 0 aromatic rings. The molecular formula is C6H10N2S. The molecule has 0 unspecified atom stereocenters. The van der Waals surface area contributed by atoms with E-state index in [9.17, 15) is 0 Å². The third-order valence-electron chi connectivity index (χ3n) is 1.68. The average Bonchev–Trinajstić information content (AvgIpc) is 2.22. The number of hydrogen-bond donors (Lipinski definition) is 0. The number of thioether (sulfide) groups is 1. The van der Waals surface area contributed by atoms with Crippen molar-refractivity contribution in [3.8, 4) is 0 Å². The van der Waals surface area contributed by atoms with Crippen LogP contribution in [-0.2, 0) is 0 Å². The average molecular weight is 142 g/mol. The van der Waals surface area contributed by atoms with Crippen LogP contribution in [0.3, 0.4) is 0 Å². The molecule has 2 rings (SSSR count). The predicted octanol–water partition coefficient (Wildman–Crippen LogP) is 0.793. The van der Waals surface area contributed by atoms with Gasteiger partial charge in [0.2, 0.25) is 0 Å². The van der Waals surface area contributed by atoms with Gasteiger partial charge in [0, 0.05) is 18.8 Å². The van der Waals surface area contributed by atoms with Crippen molar-refractivity contribution < 1.29 is 0 Å². The Morgan fingerprint density at radius 2 is 2.67 bits per heavy atom. The van der Waals surface area contributed by atoms with Gasteiger partial charge in [0.15, 0.2) is 5.17 Å². The quantitative estimate of drug-likeness (QED) is 0.497. The summed E-state index contributed by atoms with van der Waals surface area (Å²) in [6.07, 6.45) is 0. The largest absolute Gasteiger partial charge is 0.349 e. The number of nitrogens with zero attached hydrogens (tertiary/aromatic N) is 2. The molecule has 1 saturated heterocycles. The van der Waals surface area contributed by atoms with Gasteiger partial charge in [-0.1, -0.05) is 11.8 Å². The van der Waals surface area contributed by atoms with Crippen molar-refractivity contribution in [1.82, 2.24) is 4.90 Å². The van der Waals surface area contributed by atoms with Crippen LogP contribution in [0, 0.1) is 0 Å². The van der Waals surface area contributed by atoms with Crippen LogP contribution in [0.2, 0.25) is 0 Å². The highest BCUT2D eigenvalue weighted by molar-refractivity contribution is 8.14. The maximum atomic E-state index is 4.46. The molecule has 0 spiro atoms. The van der Waals surface area contributed by atoms with E-state index in [0.717, 1.165) is 6.54 Å². The van der Waals surface area contributed by atoms with E-state index in [4.69, 9.17) is 0 Å². The summed E-state index contributed by atoms with van der Waals surface area (Å²) in [5.41, 5.74) is 0. The summed E-state index contributed by atoms with van der Waals surface area (Å²) in [4.78, 5) is 6.83.